The van der Waals surface area contributed by atoms with Crippen LogP contribution in [0, 0.1) is 0 Å². The third-order valence-corrected chi connectivity index (χ3v) is 2.85. The lowest BCUT2D eigenvalue weighted by molar-refractivity contribution is 0.102. The Morgan fingerprint density at radius 1 is 1.11 bits per heavy atom. The Morgan fingerprint density at radius 3 is 2.21 bits per heavy atom. The van der Waals surface area contributed by atoms with Crippen LogP contribution in [-0.4, -0.2) is 16.1 Å². The summed E-state index contributed by atoms with van der Waals surface area (Å²) in [6, 6.07) is 8.89. The van der Waals surface area contributed by atoms with Crippen LogP contribution >= 0.6 is 0 Å². The standard InChI is InChI=1S/C14H17N3O2/c1-14(2,3)9-4-6-10(7-5-9)15-13(19)11-8-12(18)17-16-11/h4-8H,1-3H3,(H,15,19)(H2,16,17,18). The molecule has 1 heterocycles. The summed E-state index contributed by atoms with van der Waals surface area (Å²) in [4.78, 5) is 22.7. The number of H-pyrrole nitrogens is 2. The number of aromatic nitrogens is 2. The Morgan fingerprint density at radius 2 is 1.74 bits per heavy atom. The summed E-state index contributed by atoms with van der Waals surface area (Å²) in [6.45, 7) is 6.39. The molecule has 5 heteroatoms. The maximum absolute atomic E-state index is 11.8. The third kappa shape index (κ3) is 3.13. The van der Waals surface area contributed by atoms with Crippen molar-refractivity contribution in [2.75, 3.05) is 5.32 Å². The molecular formula is C14H17N3O2. The van der Waals surface area contributed by atoms with Crippen molar-refractivity contribution in [1.82, 2.24) is 10.2 Å². The van der Waals surface area contributed by atoms with E-state index in [0.29, 0.717) is 5.69 Å². The maximum Gasteiger partial charge on any atom is 0.273 e. The predicted octanol–water partition coefficient (Wildman–Crippen LogP) is 2.25. The number of hydrogen-bond acceptors (Lipinski definition) is 2. The lowest BCUT2D eigenvalue weighted by Crippen LogP contribution is -2.14. The molecule has 0 atom stereocenters. The van der Waals surface area contributed by atoms with Crippen molar-refractivity contribution in [1.29, 1.82) is 0 Å². The predicted molar refractivity (Wildman–Crippen MR) is 74.5 cm³/mol. The first-order valence-electron chi connectivity index (χ1n) is 6.06. The van der Waals surface area contributed by atoms with Crippen molar-refractivity contribution in [2.45, 2.75) is 26.2 Å². The van der Waals surface area contributed by atoms with E-state index in [9.17, 15) is 9.59 Å². The van der Waals surface area contributed by atoms with Gasteiger partial charge in [-0.05, 0) is 23.1 Å². The Hall–Kier alpha value is -2.30. The topological polar surface area (TPSA) is 77.8 Å². The zero-order valence-corrected chi connectivity index (χ0v) is 11.2. The Kier molecular flexibility index (Phi) is 3.29. The molecule has 0 saturated carbocycles. The highest BCUT2D eigenvalue weighted by molar-refractivity contribution is 6.02. The van der Waals surface area contributed by atoms with Crippen molar-refractivity contribution in [3.63, 3.8) is 0 Å². The van der Waals surface area contributed by atoms with Crippen LogP contribution in [0.3, 0.4) is 0 Å². The van der Waals surface area contributed by atoms with E-state index in [1.165, 1.54) is 11.6 Å². The zero-order valence-electron chi connectivity index (χ0n) is 11.2. The summed E-state index contributed by atoms with van der Waals surface area (Å²) in [5.74, 6) is -0.346. The number of anilines is 1. The summed E-state index contributed by atoms with van der Waals surface area (Å²) >= 11 is 0. The molecule has 0 unspecified atom stereocenters. The molecule has 0 aliphatic carbocycles. The van der Waals surface area contributed by atoms with Crippen LogP contribution in [0.4, 0.5) is 5.69 Å². The number of carbonyl (C=O) groups is 1. The van der Waals surface area contributed by atoms with Gasteiger partial charge in [-0.15, -0.1) is 0 Å². The van der Waals surface area contributed by atoms with Gasteiger partial charge >= 0.3 is 0 Å². The number of amides is 1. The molecule has 19 heavy (non-hydrogen) atoms. The first-order chi connectivity index (χ1) is 8.86. The van der Waals surface area contributed by atoms with Crippen LogP contribution in [0.1, 0.15) is 36.8 Å². The fourth-order valence-electron chi connectivity index (χ4n) is 1.71. The molecule has 1 aromatic heterocycles. The summed E-state index contributed by atoms with van der Waals surface area (Å²) in [6.07, 6.45) is 0. The lowest BCUT2D eigenvalue weighted by Gasteiger charge is -2.19. The Balaban J connectivity index is 2.12. The highest BCUT2D eigenvalue weighted by Crippen LogP contribution is 2.23. The molecule has 0 aliphatic rings. The van der Waals surface area contributed by atoms with Crippen LogP contribution in [0.25, 0.3) is 0 Å². The van der Waals surface area contributed by atoms with Crippen LogP contribution in [0.15, 0.2) is 35.1 Å². The molecule has 0 bridgehead atoms. The van der Waals surface area contributed by atoms with Gasteiger partial charge in [-0.3, -0.25) is 19.8 Å². The van der Waals surface area contributed by atoms with Crippen molar-refractivity contribution in [3.05, 3.63) is 51.9 Å². The van der Waals surface area contributed by atoms with Crippen molar-refractivity contribution in [2.24, 2.45) is 0 Å². The second-order valence-corrected chi connectivity index (χ2v) is 5.45. The van der Waals surface area contributed by atoms with E-state index in [4.69, 9.17) is 0 Å². The quantitative estimate of drug-likeness (QED) is 0.773. The largest absolute Gasteiger partial charge is 0.321 e. The molecule has 1 amide bonds. The van der Waals surface area contributed by atoms with Crippen LogP contribution < -0.4 is 10.9 Å². The fraction of sp³-hybridized carbons (Fsp3) is 0.286. The number of benzene rings is 1. The molecule has 2 aromatic rings. The van der Waals surface area contributed by atoms with Gasteiger partial charge in [-0.1, -0.05) is 32.9 Å². The van der Waals surface area contributed by atoms with E-state index in [-0.39, 0.29) is 22.6 Å². The molecule has 0 saturated heterocycles. The molecule has 0 radical (unpaired) electrons. The van der Waals surface area contributed by atoms with E-state index >= 15 is 0 Å². The van der Waals surface area contributed by atoms with Crippen LogP contribution in [-0.2, 0) is 5.41 Å². The van der Waals surface area contributed by atoms with Crippen LogP contribution in [0.2, 0.25) is 0 Å². The van der Waals surface area contributed by atoms with E-state index in [1.807, 2.05) is 24.3 Å². The zero-order chi connectivity index (χ0) is 14.0. The monoisotopic (exact) mass is 259 g/mol. The molecule has 2 rings (SSSR count). The highest BCUT2D eigenvalue weighted by atomic mass is 16.2. The van der Waals surface area contributed by atoms with Crippen molar-refractivity contribution in [3.8, 4) is 0 Å². The van der Waals surface area contributed by atoms with Gasteiger partial charge in [0, 0.05) is 11.8 Å². The fourth-order valence-corrected chi connectivity index (χ4v) is 1.71. The van der Waals surface area contributed by atoms with Gasteiger partial charge in [-0.25, -0.2) is 0 Å². The summed E-state index contributed by atoms with van der Waals surface area (Å²) in [7, 11) is 0. The molecule has 0 spiro atoms. The molecule has 0 aliphatic heterocycles. The first kappa shape index (κ1) is 13.1. The van der Waals surface area contributed by atoms with E-state index in [2.05, 4.69) is 36.3 Å². The van der Waals surface area contributed by atoms with E-state index in [0.717, 1.165) is 0 Å². The average molecular weight is 259 g/mol. The minimum Gasteiger partial charge on any atom is -0.321 e. The molecule has 100 valence electrons. The van der Waals surface area contributed by atoms with Gasteiger partial charge in [0.25, 0.3) is 11.5 Å². The average Bonchev–Trinajstić information content (AvgIpc) is 2.75. The smallest absolute Gasteiger partial charge is 0.273 e. The number of carbonyl (C=O) groups excluding carboxylic acids is 1. The van der Waals surface area contributed by atoms with Gasteiger partial charge in [0.15, 0.2) is 0 Å². The first-order valence-corrected chi connectivity index (χ1v) is 6.06. The minimum atomic E-state index is -0.346. The number of rotatable bonds is 2. The summed E-state index contributed by atoms with van der Waals surface area (Å²) < 4.78 is 0. The molecule has 3 N–H and O–H groups in total. The lowest BCUT2D eigenvalue weighted by atomic mass is 9.87. The maximum atomic E-state index is 11.8. The Bertz CT molecular complexity index is 630. The second kappa shape index (κ2) is 4.76. The third-order valence-electron chi connectivity index (χ3n) is 2.85. The molecular weight excluding hydrogens is 242 g/mol. The van der Waals surface area contributed by atoms with Gasteiger partial charge in [-0.2, -0.15) is 0 Å². The second-order valence-electron chi connectivity index (χ2n) is 5.45. The van der Waals surface area contributed by atoms with Crippen LogP contribution in [0.5, 0.6) is 0 Å². The summed E-state index contributed by atoms with van der Waals surface area (Å²) in [5.41, 5.74) is 1.85. The van der Waals surface area contributed by atoms with Crippen molar-refractivity contribution >= 4 is 11.6 Å². The van der Waals surface area contributed by atoms with Gasteiger partial charge < -0.3 is 5.32 Å². The van der Waals surface area contributed by atoms with Gasteiger partial charge in [0.2, 0.25) is 0 Å². The van der Waals surface area contributed by atoms with E-state index in [1.54, 1.807) is 0 Å². The molecule has 0 fully saturated rings. The van der Waals surface area contributed by atoms with Crippen molar-refractivity contribution < 1.29 is 4.79 Å². The molecule has 5 nitrogen and oxygen atoms in total. The SMILES string of the molecule is CC(C)(C)c1ccc(NC(=O)c2cc(=O)[nH][nH]2)cc1. The van der Waals surface area contributed by atoms with Gasteiger partial charge in [0.05, 0.1) is 0 Å². The Labute approximate surface area is 111 Å². The number of aromatic amines is 2. The number of nitrogens with one attached hydrogen (secondary N) is 3. The number of hydrogen-bond donors (Lipinski definition) is 3. The van der Waals surface area contributed by atoms with E-state index < -0.39 is 0 Å². The van der Waals surface area contributed by atoms with Gasteiger partial charge in [0.1, 0.15) is 5.69 Å². The highest BCUT2D eigenvalue weighted by Gasteiger charge is 2.13. The minimum absolute atomic E-state index is 0.0778. The normalized spacial score (nSPS) is 11.3. The summed E-state index contributed by atoms with van der Waals surface area (Å²) in [5, 5.41) is 7.56. The molecule has 1 aromatic carbocycles.